The average Bonchev–Trinajstić information content (AvgIpc) is 2.54. The summed E-state index contributed by atoms with van der Waals surface area (Å²) in [5, 5.41) is 0. The Hall–Kier alpha value is -2.70. The lowest BCUT2D eigenvalue weighted by Crippen LogP contribution is -2.05. The Balaban J connectivity index is 2.19. The van der Waals surface area contributed by atoms with E-state index >= 15 is 0 Å². The first-order valence-corrected chi connectivity index (χ1v) is 6.16. The van der Waals surface area contributed by atoms with Gasteiger partial charge in [-0.25, -0.2) is 4.79 Å². The van der Waals surface area contributed by atoms with Gasteiger partial charge in [0.2, 0.25) is 0 Å². The molecule has 0 aliphatic carbocycles. The Bertz CT molecular complexity index is 606. The highest BCUT2D eigenvalue weighted by atomic mass is 16.5. The van der Waals surface area contributed by atoms with Crippen molar-refractivity contribution in [3.63, 3.8) is 0 Å². The number of ether oxygens (including phenoxy) is 3. The van der Waals surface area contributed by atoms with Crippen molar-refractivity contribution in [2.75, 3.05) is 21.3 Å². The summed E-state index contributed by atoms with van der Waals surface area (Å²) in [6.07, 6.45) is 0.469. The lowest BCUT2D eigenvalue weighted by molar-refractivity contribution is 0.0600. The Morgan fingerprint density at radius 1 is 0.952 bits per heavy atom. The van der Waals surface area contributed by atoms with Crippen LogP contribution in [-0.2, 0) is 11.2 Å². The summed E-state index contributed by atoms with van der Waals surface area (Å²) in [7, 11) is 4.30. The summed E-state index contributed by atoms with van der Waals surface area (Å²) in [4.78, 5) is 23.6. The lowest BCUT2D eigenvalue weighted by Gasteiger charge is -2.06. The van der Waals surface area contributed by atoms with Gasteiger partial charge in [-0.1, -0.05) is 12.1 Å². The number of benzene rings is 1. The minimum absolute atomic E-state index is 0.197. The standard InChI is InChI=1S/C14H15N3O4/c1-19-12(18)10-6-4-9(5-7-10)8-11-15-13(20-2)17-14(16-11)21-3/h4-7H,8H2,1-3H3. The van der Waals surface area contributed by atoms with Crippen molar-refractivity contribution in [2.24, 2.45) is 0 Å². The molecule has 0 saturated carbocycles. The lowest BCUT2D eigenvalue weighted by atomic mass is 10.1. The second-order valence-electron chi connectivity index (χ2n) is 4.09. The molecule has 0 unspecified atom stereocenters. The largest absolute Gasteiger partial charge is 0.467 e. The van der Waals surface area contributed by atoms with E-state index in [0.29, 0.717) is 17.8 Å². The highest BCUT2D eigenvalue weighted by Gasteiger charge is 2.09. The number of carbonyl (C=O) groups is 1. The first kappa shape index (κ1) is 14.7. The zero-order valence-electron chi connectivity index (χ0n) is 12.0. The van der Waals surface area contributed by atoms with Gasteiger partial charge in [-0.05, 0) is 17.7 Å². The van der Waals surface area contributed by atoms with Gasteiger partial charge < -0.3 is 14.2 Å². The zero-order valence-corrected chi connectivity index (χ0v) is 12.0. The maximum Gasteiger partial charge on any atom is 0.337 e. The topological polar surface area (TPSA) is 83.4 Å². The van der Waals surface area contributed by atoms with Crippen molar-refractivity contribution in [3.05, 3.63) is 41.2 Å². The predicted molar refractivity (Wildman–Crippen MR) is 73.5 cm³/mol. The summed E-state index contributed by atoms with van der Waals surface area (Å²) in [5.74, 6) is 0.148. The molecule has 7 heteroatoms. The van der Waals surface area contributed by atoms with Crippen molar-refractivity contribution < 1.29 is 19.0 Å². The molecule has 0 N–H and O–H groups in total. The number of rotatable bonds is 5. The van der Waals surface area contributed by atoms with Gasteiger partial charge in [0.1, 0.15) is 5.82 Å². The molecule has 0 fully saturated rings. The second-order valence-corrected chi connectivity index (χ2v) is 4.09. The quantitative estimate of drug-likeness (QED) is 0.766. The first-order valence-electron chi connectivity index (χ1n) is 6.16. The molecule has 2 rings (SSSR count). The van der Waals surface area contributed by atoms with Gasteiger partial charge in [0, 0.05) is 6.42 Å². The van der Waals surface area contributed by atoms with E-state index < -0.39 is 0 Å². The third kappa shape index (κ3) is 3.65. The molecule has 0 aliphatic heterocycles. The minimum atomic E-state index is -0.370. The van der Waals surface area contributed by atoms with Gasteiger partial charge in [0.05, 0.1) is 26.9 Å². The molecule has 0 radical (unpaired) electrons. The summed E-state index contributed by atoms with van der Waals surface area (Å²) in [6.45, 7) is 0. The molecule has 1 aromatic carbocycles. The zero-order chi connectivity index (χ0) is 15.2. The van der Waals surface area contributed by atoms with E-state index in [2.05, 4.69) is 19.7 Å². The van der Waals surface area contributed by atoms with Gasteiger partial charge in [0.15, 0.2) is 0 Å². The van der Waals surface area contributed by atoms with E-state index in [1.807, 2.05) is 12.1 Å². The second kappa shape index (κ2) is 6.65. The fraction of sp³-hybridized carbons (Fsp3) is 0.286. The van der Waals surface area contributed by atoms with E-state index in [-0.39, 0.29) is 18.0 Å². The fourth-order valence-electron chi connectivity index (χ4n) is 1.70. The predicted octanol–water partition coefficient (Wildman–Crippen LogP) is 1.27. The highest BCUT2D eigenvalue weighted by molar-refractivity contribution is 5.89. The molecule has 0 atom stereocenters. The summed E-state index contributed by atoms with van der Waals surface area (Å²) < 4.78 is 14.6. The van der Waals surface area contributed by atoms with E-state index in [4.69, 9.17) is 9.47 Å². The van der Waals surface area contributed by atoms with Crippen LogP contribution < -0.4 is 9.47 Å². The van der Waals surface area contributed by atoms with E-state index in [9.17, 15) is 4.79 Å². The van der Waals surface area contributed by atoms with Crippen molar-refractivity contribution in [2.45, 2.75) is 6.42 Å². The number of nitrogens with zero attached hydrogens (tertiary/aromatic N) is 3. The van der Waals surface area contributed by atoms with Crippen molar-refractivity contribution in [1.82, 2.24) is 15.0 Å². The van der Waals surface area contributed by atoms with Crippen molar-refractivity contribution in [1.29, 1.82) is 0 Å². The van der Waals surface area contributed by atoms with Crippen LogP contribution in [0, 0.1) is 0 Å². The molecule has 0 saturated heterocycles. The molecular weight excluding hydrogens is 274 g/mol. The van der Waals surface area contributed by atoms with Crippen LogP contribution in [0.2, 0.25) is 0 Å². The molecular formula is C14H15N3O4. The van der Waals surface area contributed by atoms with Gasteiger partial charge in [-0.3, -0.25) is 0 Å². The van der Waals surface area contributed by atoms with E-state index in [1.165, 1.54) is 21.3 Å². The Morgan fingerprint density at radius 3 is 2.00 bits per heavy atom. The molecule has 0 aliphatic rings. The number of methoxy groups -OCH3 is 3. The maximum atomic E-state index is 11.4. The van der Waals surface area contributed by atoms with Crippen LogP contribution in [0.5, 0.6) is 12.0 Å². The number of hydrogen-bond acceptors (Lipinski definition) is 7. The molecule has 1 aromatic heterocycles. The average molecular weight is 289 g/mol. The third-order valence-electron chi connectivity index (χ3n) is 2.74. The maximum absolute atomic E-state index is 11.4. The van der Waals surface area contributed by atoms with E-state index in [1.54, 1.807) is 12.1 Å². The van der Waals surface area contributed by atoms with Gasteiger partial charge >= 0.3 is 18.0 Å². The molecule has 110 valence electrons. The van der Waals surface area contributed by atoms with Crippen LogP contribution in [0.4, 0.5) is 0 Å². The molecule has 2 aromatic rings. The van der Waals surface area contributed by atoms with Crippen LogP contribution in [-0.4, -0.2) is 42.3 Å². The minimum Gasteiger partial charge on any atom is -0.467 e. The Labute approximate surface area is 121 Å². The molecule has 0 spiro atoms. The molecule has 0 amide bonds. The van der Waals surface area contributed by atoms with Crippen molar-refractivity contribution >= 4 is 5.97 Å². The van der Waals surface area contributed by atoms with Gasteiger partial charge in [0.25, 0.3) is 0 Å². The Morgan fingerprint density at radius 2 is 1.52 bits per heavy atom. The summed E-state index contributed by atoms with van der Waals surface area (Å²) in [6, 6.07) is 7.41. The number of hydrogen-bond donors (Lipinski definition) is 0. The van der Waals surface area contributed by atoms with Crippen LogP contribution in [0.1, 0.15) is 21.7 Å². The van der Waals surface area contributed by atoms with Gasteiger partial charge in [-0.15, -0.1) is 4.98 Å². The summed E-state index contributed by atoms with van der Waals surface area (Å²) >= 11 is 0. The van der Waals surface area contributed by atoms with Gasteiger partial charge in [-0.2, -0.15) is 9.97 Å². The highest BCUT2D eigenvalue weighted by Crippen LogP contribution is 2.13. The summed E-state index contributed by atoms with van der Waals surface area (Å²) in [5.41, 5.74) is 1.44. The smallest absolute Gasteiger partial charge is 0.337 e. The van der Waals surface area contributed by atoms with E-state index in [0.717, 1.165) is 5.56 Å². The third-order valence-corrected chi connectivity index (χ3v) is 2.74. The normalized spacial score (nSPS) is 10.0. The number of carbonyl (C=O) groups excluding carboxylic acids is 1. The SMILES string of the molecule is COC(=O)c1ccc(Cc2nc(OC)nc(OC)n2)cc1. The van der Waals surface area contributed by atoms with Crippen LogP contribution in [0.15, 0.2) is 24.3 Å². The number of esters is 1. The molecule has 0 bridgehead atoms. The van der Waals surface area contributed by atoms with Crippen molar-refractivity contribution in [3.8, 4) is 12.0 Å². The first-order chi connectivity index (χ1) is 10.2. The van der Waals surface area contributed by atoms with Crippen LogP contribution in [0.3, 0.4) is 0 Å². The van der Waals surface area contributed by atoms with Crippen LogP contribution in [0.25, 0.3) is 0 Å². The Kier molecular flexibility index (Phi) is 4.65. The monoisotopic (exact) mass is 289 g/mol. The molecule has 21 heavy (non-hydrogen) atoms. The number of aromatic nitrogens is 3. The van der Waals surface area contributed by atoms with Crippen LogP contribution >= 0.6 is 0 Å². The fourth-order valence-corrected chi connectivity index (χ4v) is 1.70. The molecule has 7 nitrogen and oxygen atoms in total. The molecule has 1 heterocycles.